The monoisotopic (exact) mass is 464 g/mol. The molecule has 0 aliphatic carbocycles. The van der Waals surface area contributed by atoms with Gasteiger partial charge < -0.3 is 10.1 Å². The Bertz CT molecular complexity index is 1080. The molecule has 0 aromatic heterocycles. The van der Waals surface area contributed by atoms with Gasteiger partial charge in [0.1, 0.15) is 5.75 Å². The number of aryl methyl sites for hydroxylation is 2. The van der Waals surface area contributed by atoms with Gasteiger partial charge in [-0.3, -0.25) is 4.79 Å². The first-order valence-corrected chi connectivity index (χ1v) is 12.1. The summed E-state index contributed by atoms with van der Waals surface area (Å²) in [4.78, 5) is 13.2. The lowest BCUT2D eigenvalue weighted by Gasteiger charge is -2.32. The largest absolute Gasteiger partial charge is 0.495 e. The quantitative estimate of drug-likeness (QED) is 0.700. The van der Waals surface area contributed by atoms with Gasteiger partial charge in [-0.1, -0.05) is 17.7 Å². The Labute approximate surface area is 189 Å². The molecule has 0 radical (unpaired) electrons. The van der Waals surface area contributed by atoms with Crippen molar-refractivity contribution in [3.05, 3.63) is 51.5 Å². The van der Waals surface area contributed by atoms with Crippen LogP contribution in [-0.2, 0) is 14.8 Å². The molecule has 3 rings (SSSR count). The summed E-state index contributed by atoms with van der Waals surface area (Å²) < 4.78 is 33.6. The molecule has 1 fully saturated rings. The number of halogens is 1. The van der Waals surface area contributed by atoms with Crippen LogP contribution in [0.4, 0.5) is 5.69 Å². The van der Waals surface area contributed by atoms with Crippen LogP contribution in [0.5, 0.6) is 5.75 Å². The summed E-state index contributed by atoms with van der Waals surface area (Å²) in [5.74, 6) is 0.0893. The number of carbonyl (C=O) groups is 1. The molecule has 0 saturated carbocycles. The Kier molecular flexibility index (Phi) is 6.98. The Morgan fingerprint density at radius 1 is 1.06 bits per heavy atom. The second-order valence-corrected chi connectivity index (χ2v) is 10.4. The van der Waals surface area contributed by atoms with Gasteiger partial charge in [-0.15, -0.1) is 0 Å². The number of carbonyl (C=O) groups excluding carboxylic acids is 1. The molecule has 6 nitrogen and oxygen atoms in total. The average molecular weight is 465 g/mol. The molecule has 0 bridgehead atoms. The van der Waals surface area contributed by atoms with Crippen molar-refractivity contribution >= 4 is 33.2 Å². The molecule has 1 heterocycles. The molecule has 1 N–H and O–H groups in total. The fourth-order valence-corrected chi connectivity index (χ4v) is 6.29. The molecule has 168 valence electrons. The van der Waals surface area contributed by atoms with Crippen LogP contribution in [0.3, 0.4) is 0 Å². The van der Waals surface area contributed by atoms with E-state index in [1.807, 2.05) is 33.8 Å². The maximum absolute atomic E-state index is 13.4. The van der Waals surface area contributed by atoms with Crippen molar-refractivity contribution in [1.82, 2.24) is 4.31 Å². The van der Waals surface area contributed by atoms with Gasteiger partial charge in [0.15, 0.2) is 0 Å². The second kappa shape index (κ2) is 9.18. The topological polar surface area (TPSA) is 75.7 Å². The third kappa shape index (κ3) is 4.73. The van der Waals surface area contributed by atoms with Crippen molar-refractivity contribution in [2.75, 3.05) is 25.5 Å². The van der Waals surface area contributed by atoms with Gasteiger partial charge in [-0.05, 0) is 81.0 Å². The highest BCUT2D eigenvalue weighted by molar-refractivity contribution is 7.89. The maximum Gasteiger partial charge on any atom is 0.243 e. The lowest BCUT2D eigenvalue weighted by atomic mass is 9.97. The molecule has 8 heteroatoms. The summed E-state index contributed by atoms with van der Waals surface area (Å²) >= 11 is 6.04. The third-order valence-electron chi connectivity index (χ3n) is 6.14. The minimum atomic E-state index is -3.63. The fraction of sp³-hybridized carbons (Fsp3) is 0.435. The van der Waals surface area contributed by atoms with Crippen LogP contribution < -0.4 is 10.1 Å². The smallest absolute Gasteiger partial charge is 0.243 e. The number of methoxy groups -OCH3 is 1. The highest BCUT2D eigenvalue weighted by atomic mass is 35.5. The Balaban J connectivity index is 1.74. The van der Waals surface area contributed by atoms with Crippen molar-refractivity contribution in [2.45, 2.75) is 45.4 Å². The molecule has 1 saturated heterocycles. The Morgan fingerprint density at radius 2 is 1.65 bits per heavy atom. The van der Waals surface area contributed by atoms with E-state index in [2.05, 4.69) is 5.32 Å². The van der Waals surface area contributed by atoms with Crippen LogP contribution >= 0.6 is 11.6 Å². The Morgan fingerprint density at radius 3 is 2.19 bits per heavy atom. The van der Waals surface area contributed by atoms with E-state index in [0.717, 1.165) is 22.3 Å². The van der Waals surface area contributed by atoms with Gasteiger partial charge in [0, 0.05) is 24.0 Å². The van der Waals surface area contributed by atoms with Gasteiger partial charge in [0.05, 0.1) is 17.7 Å². The molecular formula is C23H29ClN2O4S. The van der Waals surface area contributed by atoms with Crippen LogP contribution in [0.2, 0.25) is 5.02 Å². The van der Waals surface area contributed by atoms with Gasteiger partial charge in [-0.2, -0.15) is 4.31 Å². The molecule has 0 unspecified atom stereocenters. The van der Waals surface area contributed by atoms with E-state index < -0.39 is 10.0 Å². The lowest BCUT2D eigenvalue weighted by Crippen LogP contribution is -2.41. The minimum Gasteiger partial charge on any atom is -0.495 e. The lowest BCUT2D eigenvalue weighted by molar-refractivity contribution is -0.120. The predicted molar refractivity (Wildman–Crippen MR) is 124 cm³/mol. The maximum atomic E-state index is 13.4. The van der Waals surface area contributed by atoms with Crippen LogP contribution in [0, 0.1) is 33.6 Å². The number of ether oxygens (including phenoxy) is 1. The number of hydrogen-bond donors (Lipinski definition) is 1. The van der Waals surface area contributed by atoms with E-state index in [1.54, 1.807) is 18.2 Å². The van der Waals surface area contributed by atoms with E-state index in [4.69, 9.17) is 16.3 Å². The number of sulfonamides is 1. The predicted octanol–water partition coefficient (Wildman–Crippen LogP) is 4.62. The van der Waals surface area contributed by atoms with Crippen LogP contribution in [0.25, 0.3) is 0 Å². The number of piperidine rings is 1. The van der Waals surface area contributed by atoms with E-state index in [1.165, 1.54) is 11.4 Å². The van der Waals surface area contributed by atoms with Crippen LogP contribution in [-0.4, -0.2) is 38.8 Å². The molecule has 31 heavy (non-hydrogen) atoms. The summed E-state index contributed by atoms with van der Waals surface area (Å²) in [6.45, 7) is 8.18. The molecule has 1 aliphatic heterocycles. The number of nitrogens with zero attached hydrogens (tertiary/aromatic N) is 1. The van der Waals surface area contributed by atoms with E-state index in [0.29, 0.717) is 47.3 Å². The first kappa shape index (κ1) is 23.6. The van der Waals surface area contributed by atoms with Crippen molar-refractivity contribution in [1.29, 1.82) is 0 Å². The van der Waals surface area contributed by atoms with Crippen molar-refractivity contribution in [3.8, 4) is 5.75 Å². The zero-order valence-electron chi connectivity index (χ0n) is 18.6. The van der Waals surface area contributed by atoms with Gasteiger partial charge in [-0.25, -0.2) is 8.42 Å². The first-order chi connectivity index (χ1) is 14.6. The van der Waals surface area contributed by atoms with Crippen molar-refractivity contribution < 1.29 is 17.9 Å². The summed E-state index contributed by atoms with van der Waals surface area (Å²) in [6.07, 6.45) is 0.910. The third-order valence-corrected chi connectivity index (χ3v) is 8.55. The average Bonchev–Trinajstić information content (AvgIpc) is 2.72. The molecule has 2 aromatic carbocycles. The molecule has 0 spiro atoms. The Hall–Kier alpha value is -2.09. The van der Waals surface area contributed by atoms with E-state index in [9.17, 15) is 13.2 Å². The number of benzene rings is 2. The SMILES string of the molecule is COc1ccc(Cl)cc1NC(=O)C1CCN(S(=O)(=O)c2c(C)c(C)cc(C)c2C)CC1. The zero-order chi connectivity index (χ0) is 22.9. The summed E-state index contributed by atoms with van der Waals surface area (Å²) in [6, 6.07) is 7.05. The van der Waals surface area contributed by atoms with E-state index in [-0.39, 0.29) is 11.8 Å². The molecule has 1 amide bonds. The highest BCUT2D eigenvalue weighted by Crippen LogP contribution is 2.32. The van der Waals surface area contributed by atoms with Gasteiger partial charge >= 0.3 is 0 Å². The number of nitrogens with one attached hydrogen (secondary N) is 1. The van der Waals surface area contributed by atoms with Crippen molar-refractivity contribution in [3.63, 3.8) is 0 Å². The number of amides is 1. The molecule has 1 aliphatic rings. The standard InChI is InChI=1S/C23H29ClN2O4S/c1-14-12-15(2)17(4)22(16(14)3)31(28,29)26-10-8-18(9-11-26)23(27)25-20-13-19(24)6-7-21(20)30-5/h6-7,12-13,18H,8-11H2,1-5H3,(H,25,27). The van der Waals surface area contributed by atoms with Gasteiger partial charge in [0.25, 0.3) is 0 Å². The first-order valence-electron chi connectivity index (χ1n) is 10.3. The fourth-order valence-electron chi connectivity index (χ4n) is 4.07. The number of anilines is 1. The summed E-state index contributed by atoms with van der Waals surface area (Å²) in [5, 5.41) is 3.37. The zero-order valence-corrected chi connectivity index (χ0v) is 20.2. The van der Waals surface area contributed by atoms with Crippen LogP contribution in [0.15, 0.2) is 29.2 Å². The normalized spacial score (nSPS) is 15.7. The molecule has 0 atom stereocenters. The molecular weight excluding hydrogens is 436 g/mol. The number of rotatable bonds is 5. The summed E-state index contributed by atoms with van der Waals surface area (Å²) in [7, 11) is -2.10. The highest BCUT2D eigenvalue weighted by Gasteiger charge is 2.34. The minimum absolute atomic E-state index is 0.156. The second-order valence-electron chi connectivity index (χ2n) is 8.10. The summed E-state index contributed by atoms with van der Waals surface area (Å²) in [5.41, 5.74) is 4.02. The van der Waals surface area contributed by atoms with E-state index >= 15 is 0 Å². The van der Waals surface area contributed by atoms with Crippen molar-refractivity contribution in [2.24, 2.45) is 5.92 Å². The molecule has 2 aromatic rings. The number of hydrogen-bond acceptors (Lipinski definition) is 4. The van der Waals surface area contributed by atoms with Gasteiger partial charge in [0.2, 0.25) is 15.9 Å². The van der Waals surface area contributed by atoms with Crippen LogP contribution in [0.1, 0.15) is 35.1 Å².